The van der Waals surface area contributed by atoms with Crippen LogP contribution in [0.15, 0.2) is 22.8 Å². The minimum Gasteiger partial charge on any atom is -0.481 e. The highest BCUT2D eigenvalue weighted by molar-refractivity contribution is 5.75. The molecule has 3 nitrogen and oxygen atoms in total. The summed E-state index contributed by atoms with van der Waals surface area (Å²) in [5, 5.41) is 21.3. The van der Waals surface area contributed by atoms with Gasteiger partial charge in [-0.3, -0.25) is 4.79 Å². The Hall–Kier alpha value is -1.09. The van der Waals surface area contributed by atoms with Crippen molar-refractivity contribution in [1.29, 1.82) is 0 Å². The summed E-state index contributed by atoms with van der Waals surface area (Å²) in [6.07, 6.45) is 11.5. The van der Waals surface area contributed by atoms with E-state index in [0.29, 0.717) is 23.7 Å². The number of hydrogen-bond donors (Lipinski definition) is 2. The molecule has 0 radical (unpaired) electrons. The lowest BCUT2D eigenvalue weighted by Gasteiger charge is -2.65. The van der Waals surface area contributed by atoms with Crippen LogP contribution in [0, 0.1) is 45.8 Å². The van der Waals surface area contributed by atoms with Gasteiger partial charge in [-0.2, -0.15) is 0 Å². The molecule has 4 aliphatic carbocycles. The second kappa shape index (κ2) is 8.54. The largest absolute Gasteiger partial charge is 0.481 e. The van der Waals surface area contributed by atoms with Crippen molar-refractivity contribution >= 4 is 5.97 Å². The van der Waals surface area contributed by atoms with Gasteiger partial charge in [-0.05, 0) is 112 Å². The highest BCUT2D eigenvalue weighted by atomic mass is 16.4. The maximum absolute atomic E-state index is 12.7. The average molecular weight is 457 g/mol. The molecule has 3 fully saturated rings. The van der Waals surface area contributed by atoms with E-state index in [1.54, 1.807) is 0 Å². The summed E-state index contributed by atoms with van der Waals surface area (Å²) in [5.74, 6) is 1.03. The third-order valence-electron chi connectivity index (χ3n) is 11.2. The van der Waals surface area contributed by atoms with Crippen LogP contribution in [-0.2, 0) is 4.79 Å². The molecule has 0 aromatic heterocycles. The van der Waals surface area contributed by atoms with E-state index in [2.05, 4.69) is 54.5 Å². The minimum absolute atomic E-state index is 0.0280. The number of aliphatic hydroxyl groups excluding tert-OH is 1. The maximum Gasteiger partial charge on any atom is 0.310 e. The number of allylic oxidation sites excluding steroid dienone is 3. The van der Waals surface area contributed by atoms with E-state index < -0.39 is 5.97 Å². The lowest BCUT2D eigenvalue weighted by atomic mass is 9.40. The molecule has 0 aromatic carbocycles. The third-order valence-corrected chi connectivity index (χ3v) is 11.2. The topological polar surface area (TPSA) is 57.5 Å². The van der Waals surface area contributed by atoms with Crippen molar-refractivity contribution in [3.05, 3.63) is 22.8 Å². The lowest BCUT2D eigenvalue weighted by Crippen LogP contribution is -2.60. The van der Waals surface area contributed by atoms with Gasteiger partial charge in [-0.1, -0.05) is 57.4 Å². The van der Waals surface area contributed by atoms with Gasteiger partial charge in [-0.15, -0.1) is 0 Å². The summed E-state index contributed by atoms with van der Waals surface area (Å²) in [6.45, 7) is 16.0. The molecule has 4 aliphatic rings. The number of carboxylic acid groups (broad SMARTS) is 1. The van der Waals surface area contributed by atoms with Crippen LogP contribution in [0.25, 0.3) is 0 Å². The Morgan fingerprint density at radius 2 is 1.79 bits per heavy atom. The van der Waals surface area contributed by atoms with Gasteiger partial charge in [0.1, 0.15) is 0 Å². The SMILES string of the molecule is CC(C)=CCCC(C)C1=C2C(C(=O)O)CC3C(CCC4C(C)(C)C(O)CCC34C)C2(C)CC1. The van der Waals surface area contributed by atoms with Gasteiger partial charge in [-0.25, -0.2) is 0 Å². The monoisotopic (exact) mass is 456 g/mol. The number of carboxylic acids is 1. The van der Waals surface area contributed by atoms with Crippen molar-refractivity contribution in [2.24, 2.45) is 45.8 Å². The molecule has 4 rings (SSSR count). The average Bonchev–Trinajstić information content (AvgIpc) is 3.08. The maximum atomic E-state index is 12.7. The van der Waals surface area contributed by atoms with Crippen LogP contribution >= 0.6 is 0 Å². The summed E-state index contributed by atoms with van der Waals surface area (Å²) in [7, 11) is 0. The van der Waals surface area contributed by atoms with Crippen molar-refractivity contribution in [1.82, 2.24) is 0 Å². The summed E-state index contributed by atoms with van der Waals surface area (Å²) >= 11 is 0. The van der Waals surface area contributed by atoms with Crippen molar-refractivity contribution in [3.8, 4) is 0 Å². The minimum atomic E-state index is -0.605. The predicted molar refractivity (Wildman–Crippen MR) is 135 cm³/mol. The molecule has 8 atom stereocenters. The van der Waals surface area contributed by atoms with Crippen molar-refractivity contribution in [2.75, 3.05) is 0 Å². The zero-order valence-electron chi connectivity index (χ0n) is 22.2. The Bertz CT molecular complexity index is 847. The number of aliphatic hydroxyl groups is 1. The number of fused-ring (bicyclic) bond motifs is 5. The molecule has 0 heterocycles. The fourth-order valence-electron chi connectivity index (χ4n) is 9.37. The number of carbonyl (C=O) groups is 1. The molecule has 0 aliphatic heterocycles. The Labute approximate surface area is 202 Å². The van der Waals surface area contributed by atoms with Gasteiger partial charge in [0.05, 0.1) is 12.0 Å². The van der Waals surface area contributed by atoms with Gasteiger partial charge in [0.25, 0.3) is 0 Å². The first-order valence-electron chi connectivity index (χ1n) is 13.6. The zero-order chi connectivity index (χ0) is 24.3. The normalized spacial score (nSPS) is 42.7. The van der Waals surface area contributed by atoms with E-state index in [1.165, 1.54) is 29.6 Å². The molecule has 0 aromatic rings. The van der Waals surface area contributed by atoms with Gasteiger partial charge < -0.3 is 10.2 Å². The fraction of sp³-hybridized carbons (Fsp3) is 0.833. The molecule has 186 valence electrons. The first-order valence-corrected chi connectivity index (χ1v) is 13.6. The van der Waals surface area contributed by atoms with E-state index in [-0.39, 0.29) is 28.3 Å². The highest BCUT2D eigenvalue weighted by Gasteiger charge is 2.64. The van der Waals surface area contributed by atoms with E-state index in [9.17, 15) is 15.0 Å². The Balaban J connectivity index is 1.71. The van der Waals surface area contributed by atoms with Crippen LogP contribution in [0.3, 0.4) is 0 Å². The fourth-order valence-corrected chi connectivity index (χ4v) is 9.37. The van der Waals surface area contributed by atoms with Crippen molar-refractivity contribution in [3.63, 3.8) is 0 Å². The molecular weight excluding hydrogens is 408 g/mol. The van der Waals surface area contributed by atoms with Crippen LogP contribution in [-0.4, -0.2) is 22.3 Å². The molecule has 8 unspecified atom stereocenters. The second-order valence-electron chi connectivity index (χ2n) is 13.5. The van der Waals surface area contributed by atoms with E-state index in [4.69, 9.17) is 0 Å². The molecule has 0 amide bonds. The van der Waals surface area contributed by atoms with Crippen LogP contribution in [0.4, 0.5) is 0 Å². The third kappa shape index (κ3) is 3.85. The van der Waals surface area contributed by atoms with E-state index in [1.807, 2.05) is 0 Å². The quantitative estimate of drug-likeness (QED) is 0.424. The van der Waals surface area contributed by atoms with Gasteiger partial charge >= 0.3 is 5.97 Å². The standard InChI is InChI=1S/C30H48O3/c1-18(2)9-8-10-19(3)20-13-15-30(7)22-11-12-24-28(4,5)25(31)14-16-29(24,6)23(22)17-21(26(20)30)27(32)33/h9,19,21-25,31H,8,10-17H2,1-7H3,(H,32,33). The van der Waals surface area contributed by atoms with Crippen LogP contribution < -0.4 is 0 Å². The summed E-state index contributed by atoms with van der Waals surface area (Å²) in [5.41, 5.74) is 4.25. The molecule has 3 heteroatoms. The number of aliphatic carboxylic acids is 1. The first kappa shape index (κ1) is 25.0. The van der Waals surface area contributed by atoms with Crippen molar-refractivity contribution in [2.45, 2.75) is 112 Å². The lowest BCUT2D eigenvalue weighted by molar-refractivity contribution is -0.177. The van der Waals surface area contributed by atoms with Gasteiger partial charge in [0.15, 0.2) is 0 Å². The van der Waals surface area contributed by atoms with Gasteiger partial charge in [0, 0.05) is 0 Å². The van der Waals surface area contributed by atoms with Crippen LogP contribution in [0.1, 0.15) is 106 Å². The Morgan fingerprint density at radius 3 is 2.42 bits per heavy atom. The molecule has 33 heavy (non-hydrogen) atoms. The van der Waals surface area contributed by atoms with Crippen LogP contribution in [0.2, 0.25) is 0 Å². The van der Waals surface area contributed by atoms with Gasteiger partial charge in [0.2, 0.25) is 0 Å². The van der Waals surface area contributed by atoms with Crippen molar-refractivity contribution < 1.29 is 15.0 Å². The summed E-state index contributed by atoms with van der Waals surface area (Å²) in [4.78, 5) is 12.7. The van der Waals surface area contributed by atoms with E-state index >= 15 is 0 Å². The first-order chi connectivity index (χ1) is 15.3. The summed E-state index contributed by atoms with van der Waals surface area (Å²) < 4.78 is 0. The molecule has 0 spiro atoms. The Kier molecular flexibility index (Phi) is 6.47. The highest BCUT2D eigenvalue weighted by Crippen LogP contribution is 2.70. The van der Waals surface area contributed by atoms with E-state index in [0.717, 1.165) is 44.9 Å². The summed E-state index contributed by atoms with van der Waals surface area (Å²) in [6, 6.07) is 0. The second-order valence-corrected chi connectivity index (χ2v) is 13.5. The molecular formula is C30H48O3. The molecule has 0 saturated heterocycles. The van der Waals surface area contributed by atoms with Crippen LogP contribution in [0.5, 0.6) is 0 Å². The predicted octanol–water partition coefficient (Wildman–Crippen LogP) is 7.40. The number of hydrogen-bond acceptors (Lipinski definition) is 2. The molecule has 3 saturated carbocycles. The molecule has 0 bridgehead atoms. The smallest absolute Gasteiger partial charge is 0.310 e. The molecule has 2 N–H and O–H groups in total. The Morgan fingerprint density at radius 1 is 1.09 bits per heavy atom. The number of rotatable bonds is 5. The zero-order valence-corrected chi connectivity index (χ0v) is 22.2.